The SMILES string of the molecule is CCNC(=O)Oc1ccc2cc(N3CC(COC)OC3=O)ccc2c1. The van der Waals surface area contributed by atoms with Crippen molar-refractivity contribution in [3.63, 3.8) is 0 Å². The lowest BCUT2D eigenvalue weighted by molar-refractivity contribution is 0.0718. The van der Waals surface area contributed by atoms with E-state index < -0.39 is 6.09 Å². The summed E-state index contributed by atoms with van der Waals surface area (Å²) < 4.78 is 15.5. The zero-order valence-corrected chi connectivity index (χ0v) is 14.2. The van der Waals surface area contributed by atoms with E-state index in [-0.39, 0.29) is 12.2 Å². The van der Waals surface area contributed by atoms with Crippen LogP contribution in [0.2, 0.25) is 0 Å². The quantitative estimate of drug-likeness (QED) is 0.902. The zero-order valence-electron chi connectivity index (χ0n) is 14.2. The molecule has 1 aliphatic heterocycles. The highest BCUT2D eigenvalue weighted by molar-refractivity contribution is 5.94. The number of hydrogen-bond donors (Lipinski definition) is 1. The minimum absolute atomic E-state index is 0.263. The van der Waals surface area contributed by atoms with E-state index in [2.05, 4.69) is 5.32 Å². The minimum Gasteiger partial charge on any atom is -0.441 e. The van der Waals surface area contributed by atoms with Crippen molar-refractivity contribution in [2.75, 3.05) is 31.7 Å². The Morgan fingerprint density at radius 2 is 2.04 bits per heavy atom. The van der Waals surface area contributed by atoms with Gasteiger partial charge in [-0.15, -0.1) is 0 Å². The third-order valence-corrected chi connectivity index (χ3v) is 3.87. The lowest BCUT2D eigenvalue weighted by Gasteiger charge is -2.14. The highest BCUT2D eigenvalue weighted by Crippen LogP contribution is 2.28. The molecule has 0 aliphatic carbocycles. The number of amides is 2. The van der Waals surface area contributed by atoms with E-state index in [9.17, 15) is 9.59 Å². The van der Waals surface area contributed by atoms with Gasteiger partial charge in [-0.2, -0.15) is 0 Å². The average Bonchev–Trinajstić information content (AvgIpc) is 2.95. The number of nitrogens with zero attached hydrogens (tertiary/aromatic N) is 1. The van der Waals surface area contributed by atoms with E-state index in [1.807, 2.05) is 31.2 Å². The molecular formula is C18H20N2O5. The van der Waals surface area contributed by atoms with Crippen LogP contribution >= 0.6 is 0 Å². The van der Waals surface area contributed by atoms with E-state index in [0.717, 1.165) is 16.5 Å². The molecule has 0 spiro atoms. The topological polar surface area (TPSA) is 77.1 Å². The van der Waals surface area contributed by atoms with Gasteiger partial charge in [0, 0.05) is 19.3 Å². The van der Waals surface area contributed by atoms with Crippen molar-refractivity contribution >= 4 is 28.6 Å². The Kier molecular flexibility index (Phi) is 5.04. The Morgan fingerprint density at radius 1 is 1.28 bits per heavy atom. The molecule has 2 aromatic rings. The van der Waals surface area contributed by atoms with Gasteiger partial charge in [-0.25, -0.2) is 9.59 Å². The molecule has 7 nitrogen and oxygen atoms in total. The molecule has 0 saturated carbocycles. The second-order valence-electron chi connectivity index (χ2n) is 5.68. The number of hydrogen-bond acceptors (Lipinski definition) is 5. The number of cyclic esters (lactones) is 1. The Morgan fingerprint density at radius 3 is 2.80 bits per heavy atom. The van der Waals surface area contributed by atoms with Crippen LogP contribution in [0.25, 0.3) is 10.8 Å². The largest absolute Gasteiger partial charge is 0.441 e. The summed E-state index contributed by atoms with van der Waals surface area (Å²) in [5.41, 5.74) is 0.758. The minimum atomic E-state index is -0.484. The molecule has 1 unspecified atom stereocenters. The number of fused-ring (bicyclic) bond motifs is 1. The lowest BCUT2D eigenvalue weighted by atomic mass is 10.1. The van der Waals surface area contributed by atoms with Crippen LogP contribution in [0.15, 0.2) is 36.4 Å². The summed E-state index contributed by atoms with van der Waals surface area (Å²) >= 11 is 0. The first kappa shape index (κ1) is 17.0. The molecule has 1 atom stereocenters. The van der Waals surface area contributed by atoms with Crippen molar-refractivity contribution in [1.29, 1.82) is 0 Å². The number of anilines is 1. The summed E-state index contributed by atoms with van der Waals surface area (Å²) in [5, 5.41) is 4.42. The number of benzene rings is 2. The first-order valence-corrected chi connectivity index (χ1v) is 8.07. The normalized spacial score (nSPS) is 16.8. The molecule has 25 heavy (non-hydrogen) atoms. The molecular weight excluding hydrogens is 324 g/mol. The van der Waals surface area contributed by atoms with E-state index in [4.69, 9.17) is 14.2 Å². The second kappa shape index (κ2) is 7.40. The molecule has 0 radical (unpaired) electrons. The summed E-state index contributed by atoms with van der Waals surface area (Å²) in [4.78, 5) is 25.1. The number of rotatable bonds is 5. The highest BCUT2D eigenvalue weighted by Gasteiger charge is 2.32. The summed E-state index contributed by atoms with van der Waals surface area (Å²) in [6, 6.07) is 11.0. The van der Waals surface area contributed by atoms with Crippen LogP contribution in [0, 0.1) is 0 Å². The van der Waals surface area contributed by atoms with Crippen molar-refractivity contribution in [2.45, 2.75) is 13.0 Å². The van der Waals surface area contributed by atoms with Crippen molar-refractivity contribution in [3.8, 4) is 5.75 Å². The molecule has 0 aromatic heterocycles. The number of methoxy groups -OCH3 is 1. The Balaban J connectivity index is 1.79. The van der Waals surface area contributed by atoms with Crippen LogP contribution in [0.5, 0.6) is 5.75 Å². The van der Waals surface area contributed by atoms with Crippen LogP contribution in [0.1, 0.15) is 6.92 Å². The van der Waals surface area contributed by atoms with Gasteiger partial charge in [0.05, 0.1) is 13.2 Å². The molecule has 1 fully saturated rings. The molecule has 3 rings (SSSR count). The van der Waals surface area contributed by atoms with E-state index in [1.165, 1.54) is 0 Å². The predicted octanol–water partition coefficient (Wildman–Crippen LogP) is 2.92. The van der Waals surface area contributed by atoms with Crippen molar-refractivity contribution in [1.82, 2.24) is 5.32 Å². The summed E-state index contributed by atoms with van der Waals surface area (Å²) in [5.74, 6) is 0.465. The maximum Gasteiger partial charge on any atom is 0.414 e. The maximum absolute atomic E-state index is 12.0. The van der Waals surface area contributed by atoms with Gasteiger partial charge in [-0.1, -0.05) is 12.1 Å². The van der Waals surface area contributed by atoms with Crippen LogP contribution in [-0.4, -0.2) is 45.1 Å². The summed E-state index contributed by atoms with van der Waals surface area (Å²) in [7, 11) is 1.58. The fourth-order valence-corrected chi connectivity index (χ4v) is 2.74. The van der Waals surface area contributed by atoms with Gasteiger partial charge in [0.1, 0.15) is 11.9 Å². The molecule has 2 amide bonds. The molecule has 2 aromatic carbocycles. The third-order valence-electron chi connectivity index (χ3n) is 3.87. The number of ether oxygens (including phenoxy) is 3. The smallest absolute Gasteiger partial charge is 0.414 e. The first-order valence-electron chi connectivity index (χ1n) is 8.07. The van der Waals surface area contributed by atoms with Crippen LogP contribution in [0.4, 0.5) is 15.3 Å². The second-order valence-corrected chi connectivity index (χ2v) is 5.68. The first-order chi connectivity index (χ1) is 12.1. The van der Waals surface area contributed by atoms with Crippen molar-refractivity contribution < 1.29 is 23.8 Å². The van der Waals surface area contributed by atoms with Crippen molar-refractivity contribution in [2.24, 2.45) is 0 Å². The molecule has 1 N–H and O–H groups in total. The lowest BCUT2D eigenvalue weighted by Crippen LogP contribution is -2.26. The van der Waals surface area contributed by atoms with Gasteiger partial charge in [-0.3, -0.25) is 4.90 Å². The standard InChI is InChI=1S/C18H20N2O5/c1-3-19-17(21)24-15-7-5-12-8-14(6-4-13(12)9-15)20-10-16(11-23-2)25-18(20)22/h4-9,16H,3,10-11H2,1-2H3,(H,19,21). The Bertz CT molecular complexity index is 792. The van der Waals surface area contributed by atoms with E-state index in [0.29, 0.717) is 25.4 Å². The monoisotopic (exact) mass is 344 g/mol. The fraction of sp³-hybridized carbons (Fsp3) is 0.333. The number of nitrogens with one attached hydrogen (secondary N) is 1. The highest BCUT2D eigenvalue weighted by atomic mass is 16.6. The van der Waals surface area contributed by atoms with E-state index in [1.54, 1.807) is 24.1 Å². The van der Waals surface area contributed by atoms with Crippen LogP contribution < -0.4 is 15.0 Å². The van der Waals surface area contributed by atoms with Gasteiger partial charge < -0.3 is 19.5 Å². The van der Waals surface area contributed by atoms with Crippen LogP contribution in [-0.2, 0) is 9.47 Å². The Labute approximate surface area is 145 Å². The number of carbonyl (C=O) groups excluding carboxylic acids is 2. The molecule has 132 valence electrons. The summed E-state index contributed by atoms with van der Waals surface area (Å²) in [6.07, 6.45) is -1.12. The molecule has 1 saturated heterocycles. The van der Waals surface area contributed by atoms with Crippen LogP contribution in [0.3, 0.4) is 0 Å². The Hall–Kier alpha value is -2.80. The van der Waals surface area contributed by atoms with Gasteiger partial charge in [0.2, 0.25) is 0 Å². The maximum atomic E-state index is 12.0. The van der Waals surface area contributed by atoms with Gasteiger partial charge in [0.25, 0.3) is 0 Å². The fourth-order valence-electron chi connectivity index (χ4n) is 2.74. The van der Waals surface area contributed by atoms with Crippen molar-refractivity contribution in [3.05, 3.63) is 36.4 Å². The molecule has 1 aliphatic rings. The van der Waals surface area contributed by atoms with Gasteiger partial charge in [0.15, 0.2) is 0 Å². The predicted molar refractivity (Wildman–Crippen MR) is 93.1 cm³/mol. The molecule has 0 bridgehead atoms. The van der Waals surface area contributed by atoms with E-state index >= 15 is 0 Å². The summed E-state index contributed by atoms with van der Waals surface area (Å²) in [6.45, 7) is 3.16. The van der Waals surface area contributed by atoms with Gasteiger partial charge >= 0.3 is 12.2 Å². The molecule has 1 heterocycles. The zero-order chi connectivity index (χ0) is 17.8. The third kappa shape index (κ3) is 3.83. The molecule has 7 heteroatoms. The average molecular weight is 344 g/mol. The number of carbonyl (C=O) groups is 2. The van der Waals surface area contributed by atoms with Gasteiger partial charge in [-0.05, 0) is 42.0 Å².